The lowest BCUT2D eigenvalue weighted by Crippen LogP contribution is -2.49. The van der Waals surface area contributed by atoms with Crippen LogP contribution in [0.1, 0.15) is 39.5 Å². The van der Waals surface area contributed by atoms with E-state index in [-0.39, 0.29) is 17.4 Å². The van der Waals surface area contributed by atoms with Gasteiger partial charge >= 0.3 is 0 Å². The van der Waals surface area contributed by atoms with Gasteiger partial charge in [-0.25, -0.2) is 4.98 Å². The molecule has 2 aromatic rings. The molecule has 2 atom stereocenters. The number of anilines is 1. The fourth-order valence-electron chi connectivity index (χ4n) is 4.72. The summed E-state index contributed by atoms with van der Waals surface area (Å²) in [5.41, 5.74) is 1.64. The number of fused-ring (bicyclic) bond motifs is 1. The second-order valence-electron chi connectivity index (χ2n) is 8.29. The molecule has 1 amide bonds. The number of para-hydroxylation sites is 2. The van der Waals surface area contributed by atoms with Gasteiger partial charge in [0.15, 0.2) is 5.82 Å². The van der Waals surface area contributed by atoms with Crippen molar-refractivity contribution in [1.29, 1.82) is 0 Å². The van der Waals surface area contributed by atoms with Gasteiger partial charge in [0.25, 0.3) is 5.56 Å². The van der Waals surface area contributed by atoms with Crippen LogP contribution in [0.15, 0.2) is 29.1 Å². The summed E-state index contributed by atoms with van der Waals surface area (Å²) in [5.74, 6) is 1.29. The number of carbonyl (C=O) groups excluding carboxylic acids is 1. The summed E-state index contributed by atoms with van der Waals surface area (Å²) < 4.78 is 1.79. The average Bonchev–Trinajstić information content (AvgIpc) is 2.73. The fourth-order valence-corrected chi connectivity index (χ4v) is 4.72. The van der Waals surface area contributed by atoms with Crippen molar-refractivity contribution in [2.45, 2.75) is 46.1 Å². The summed E-state index contributed by atoms with van der Waals surface area (Å²) in [4.78, 5) is 35.0. The van der Waals surface area contributed by atoms with Crippen LogP contribution >= 0.6 is 0 Å². The van der Waals surface area contributed by atoms with Gasteiger partial charge in [0.2, 0.25) is 5.91 Å². The Balaban J connectivity index is 1.60. The number of hydrogen-bond donors (Lipinski definition) is 0. The van der Waals surface area contributed by atoms with Crippen molar-refractivity contribution >= 4 is 22.8 Å². The zero-order chi connectivity index (χ0) is 19.7. The molecular weight excluding hydrogens is 352 g/mol. The fraction of sp³-hybridized carbons (Fsp3) is 0.591. The SMILES string of the molecule is CCn1c(=O)c(N2CCCC(C(=O)N3CCCC(C)C3)C2)nc2ccccc21. The van der Waals surface area contributed by atoms with Gasteiger partial charge in [-0.05, 0) is 50.7 Å². The highest BCUT2D eigenvalue weighted by Gasteiger charge is 2.32. The molecule has 2 saturated heterocycles. The minimum absolute atomic E-state index is 0.0400. The zero-order valence-electron chi connectivity index (χ0n) is 16.9. The monoisotopic (exact) mass is 382 g/mol. The predicted octanol–water partition coefficient (Wildman–Crippen LogP) is 2.89. The highest BCUT2D eigenvalue weighted by molar-refractivity contribution is 5.80. The van der Waals surface area contributed by atoms with E-state index < -0.39 is 0 Å². The quantitative estimate of drug-likeness (QED) is 0.819. The second-order valence-corrected chi connectivity index (χ2v) is 8.29. The molecule has 4 rings (SSSR count). The summed E-state index contributed by atoms with van der Waals surface area (Å²) in [7, 11) is 0. The molecule has 150 valence electrons. The normalized spacial score (nSPS) is 23.2. The Kier molecular flexibility index (Phi) is 5.38. The summed E-state index contributed by atoms with van der Waals surface area (Å²) in [6.07, 6.45) is 4.12. The van der Waals surface area contributed by atoms with Gasteiger partial charge in [-0.1, -0.05) is 19.1 Å². The lowest BCUT2D eigenvalue weighted by Gasteiger charge is -2.38. The van der Waals surface area contributed by atoms with E-state index in [2.05, 4.69) is 6.92 Å². The molecule has 6 nitrogen and oxygen atoms in total. The number of amides is 1. The summed E-state index contributed by atoms with van der Waals surface area (Å²) in [6.45, 7) is 7.93. The van der Waals surface area contributed by atoms with Gasteiger partial charge < -0.3 is 14.4 Å². The van der Waals surface area contributed by atoms with E-state index in [9.17, 15) is 9.59 Å². The molecule has 1 aromatic heterocycles. The number of nitrogens with zero attached hydrogens (tertiary/aromatic N) is 4. The van der Waals surface area contributed by atoms with E-state index in [1.54, 1.807) is 4.57 Å². The van der Waals surface area contributed by atoms with Crippen LogP contribution in [-0.4, -0.2) is 46.5 Å². The third-order valence-electron chi connectivity index (χ3n) is 6.19. The van der Waals surface area contributed by atoms with Crippen LogP contribution in [0.5, 0.6) is 0 Å². The van der Waals surface area contributed by atoms with Crippen LogP contribution in [0.4, 0.5) is 5.82 Å². The highest BCUT2D eigenvalue weighted by Crippen LogP contribution is 2.25. The van der Waals surface area contributed by atoms with E-state index in [4.69, 9.17) is 4.98 Å². The van der Waals surface area contributed by atoms with Crippen LogP contribution in [0.2, 0.25) is 0 Å². The molecule has 0 spiro atoms. The molecule has 1 aromatic carbocycles. The van der Waals surface area contributed by atoms with Crippen LogP contribution in [0.3, 0.4) is 0 Å². The Bertz CT molecular complexity index is 922. The first-order valence-electron chi connectivity index (χ1n) is 10.6. The largest absolute Gasteiger partial charge is 0.351 e. The molecule has 3 heterocycles. The predicted molar refractivity (Wildman–Crippen MR) is 112 cm³/mol. The number of piperidine rings is 2. The zero-order valence-corrected chi connectivity index (χ0v) is 16.9. The van der Waals surface area contributed by atoms with E-state index in [1.165, 1.54) is 6.42 Å². The van der Waals surface area contributed by atoms with Crippen molar-refractivity contribution in [2.24, 2.45) is 11.8 Å². The lowest BCUT2D eigenvalue weighted by molar-refractivity contribution is -0.137. The van der Waals surface area contributed by atoms with Crippen molar-refractivity contribution in [3.8, 4) is 0 Å². The third kappa shape index (κ3) is 3.52. The minimum atomic E-state index is -0.0547. The van der Waals surface area contributed by atoms with Crippen LogP contribution in [-0.2, 0) is 11.3 Å². The smallest absolute Gasteiger partial charge is 0.293 e. The number of rotatable bonds is 3. The molecule has 28 heavy (non-hydrogen) atoms. The topological polar surface area (TPSA) is 58.4 Å². The minimum Gasteiger partial charge on any atom is -0.351 e. The molecule has 2 aliphatic rings. The lowest BCUT2D eigenvalue weighted by atomic mass is 9.93. The molecule has 0 aliphatic carbocycles. The maximum atomic E-state index is 13.1. The van der Waals surface area contributed by atoms with Crippen molar-refractivity contribution in [2.75, 3.05) is 31.1 Å². The second kappa shape index (κ2) is 7.94. The van der Waals surface area contributed by atoms with Gasteiger partial charge in [0.05, 0.1) is 17.0 Å². The Morgan fingerprint density at radius 2 is 1.93 bits per heavy atom. The van der Waals surface area contributed by atoms with Gasteiger partial charge in [-0.3, -0.25) is 9.59 Å². The number of benzene rings is 1. The Morgan fingerprint density at radius 3 is 2.71 bits per heavy atom. The molecule has 2 aliphatic heterocycles. The molecule has 0 saturated carbocycles. The molecule has 6 heteroatoms. The number of likely N-dealkylation sites (tertiary alicyclic amines) is 1. The third-order valence-corrected chi connectivity index (χ3v) is 6.19. The maximum Gasteiger partial charge on any atom is 0.293 e. The van der Waals surface area contributed by atoms with Crippen molar-refractivity contribution in [3.05, 3.63) is 34.6 Å². The van der Waals surface area contributed by atoms with Gasteiger partial charge in [0.1, 0.15) is 0 Å². The maximum absolute atomic E-state index is 13.1. The summed E-state index contributed by atoms with van der Waals surface area (Å²) in [5, 5.41) is 0. The highest BCUT2D eigenvalue weighted by atomic mass is 16.2. The van der Waals surface area contributed by atoms with Crippen molar-refractivity contribution < 1.29 is 4.79 Å². The van der Waals surface area contributed by atoms with Crippen molar-refractivity contribution in [3.63, 3.8) is 0 Å². The van der Waals surface area contributed by atoms with Gasteiger partial charge in [-0.15, -0.1) is 0 Å². The number of aromatic nitrogens is 2. The molecule has 0 N–H and O–H groups in total. The average molecular weight is 383 g/mol. The number of hydrogen-bond acceptors (Lipinski definition) is 4. The molecule has 0 radical (unpaired) electrons. The first kappa shape index (κ1) is 19.0. The molecule has 2 unspecified atom stereocenters. The molecule has 0 bridgehead atoms. The Morgan fingerprint density at radius 1 is 1.14 bits per heavy atom. The first-order chi connectivity index (χ1) is 13.6. The van der Waals surface area contributed by atoms with E-state index >= 15 is 0 Å². The number of carbonyl (C=O) groups is 1. The van der Waals surface area contributed by atoms with Crippen LogP contribution in [0.25, 0.3) is 11.0 Å². The first-order valence-corrected chi connectivity index (χ1v) is 10.6. The van der Waals surface area contributed by atoms with Crippen molar-refractivity contribution in [1.82, 2.24) is 14.5 Å². The molecule has 2 fully saturated rings. The summed E-state index contributed by atoms with van der Waals surface area (Å²) in [6, 6.07) is 7.78. The van der Waals surface area contributed by atoms with Gasteiger partial charge in [-0.2, -0.15) is 0 Å². The molecular formula is C22H30N4O2. The number of aryl methyl sites for hydroxylation is 1. The van der Waals surface area contributed by atoms with Gasteiger partial charge in [0, 0.05) is 32.7 Å². The van der Waals surface area contributed by atoms with Crippen LogP contribution < -0.4 is 10.5 Å². The Hall–Kier alpha value is -2.37. The standard InChI is InChI=1S/C22H30N4O2/c1-3-26-19-11-5-4-10-18(19)23-20(22(26)28)24-12-7-9-17(15-24)21(27)25-13-6-8-16(2)14-25/h4-5,10-11,16-17H,3,6-9,12-15H2,1-2H3. The van der Waals surface area contributed by atoms with E-state index in [0.29, 0.717) is 24.8 Å². The van der Waals surface area contributed by atoms with E-state index in [1.807, 2.05) is 41.0 Å². The van der Waals surface area contributed by atoms with E-state index in [0.717, 1.165) is 49.9 Å². The van der Waals surface area contributed by atoms with Crippen LogP contribution in [0, 0.1) is 11.8 Å². The Labute approximate surface area is 166 Å². The summed E-state index contributed by atoms with van der Waals surface area (Å²) >= 11 is 0.